The molecule has 0 bridgehead atoms. The highest BCUT2D eigenvalue weighted by Gasteiger charge is 2.46. The van der Waals surface area contributed by atoms with E-state index in [0.717, 1.165) is 0 Å². The van der Waals surface area contributed by atoms with Gasteiger partial charge < -0.3 is 19.8 Å². The molecule has 1 atom stereocenters. The maximum Gasteiger partial charge on any atom is 0.295 e. The Morgan fingerprint density at radius 3 is 2.38 bits per heavy atom. The van der Waals surface area contributed by atoms with E-state index in [2.05, 4.69) is 0 Å². The lowest BCUT2D eigenvalue weighted by molar-refractivity contribution is -0.140. The van der Waals surface area contributed by atoms with Crippen LogP contribution in [0.4, 0.5) is 0 Å². The number of carbonyl (C=O) groups is 2. The molecule has 1 amide bonds. The molecule has 2 N–H and O–H groups in total. The van der Waals surface area contributed by atoms with Crippen LogP contribution in [-0.2, 0) is 9.59 Å². The van der Waals surface area contributed by atoms with E-state index in [1.807, 2.05) is 0 Å². The minimum Gasteiger partial charge on any atom is -0.507 e. The molecule has 26 heavy (non-hydrogen) atoms. The molecule has 1 fully saturated rings. The molecule has 1 heterocycles. The van der Waals surface area contributed by atoms with E-state index in [1.54, 1.807) is 54.6 Å². The molecule has 1 aliphatic heterocycles. The zero-order valence-electron chi connectivity index (χ0n) is 14.3. The summed E-state index contributed by atoms with van der Waals surface area (Å²) in [6, 6.07) is 14.7. The van der Waals surface area contributed by atoms with Gasteiger partial charge in [0.15, 0.2) is 0 Å². The van der Waals surface area contributed by atoms with Crippen LogP contribution in [0.5, 0.6) is 5.75 Å². The summed E-state index contributed by atoms with van der Waals surface area (Å²) >= 11 is 0. The minimum atomic E-state index is -0.835. The highest BCUT2D eigenvalue weighted by molar-refractivity contribution is 6.46. The molecule has 0 radical (unpaired) electrons. The number of para-hydroxylation sites is 1. The number of ether oxygens (including phenoxy) is 1. The third-order valence-corrected chi connectivity index (χ3v) is 4.36. The Labute approximate surface area is 150 Å². The maximum absolute atomic E-state index is 12.7. The van der Waals surface area contributed by atoms with Gasteiger partial charge in [0.2, 0.25) is 0 Å². The standard InChI is InChI=1S/C20H19NO5/c1-26-15-10-6-5-9-14(15)17-16(18(23)13-7-3-2-4-8-13)19(24)20(25)21(17)11-12-22/h2-10,17,22-23H,11-12H2,1H3/b18-16+. The number of rotatable bonds is 5. The fourth-order valence-corrected chi connectivity index (χ4v) is 3.19. The van der Waals surface area contributed by atoms with Gasteiger partial charge in [-0.3, -0.25) is 9.59 Å². The number of aliphatic hydroxyl groups excluding tert-OH is 2. The second-order valence-electron chi connectivity index (χ2n) is 5.82. The van der Waals surface area contributed by atoms with Crippen LogP contribution in [0, 0.1) is 0 Å². The molecule has 0 aliphatic carbocycles. The lowest BCUT2D eigenvalue weighted by atomic mass is 9.94. The predicted octanol–water partition coefficient (Wildman–Crippen LogP) is 2.11. The highest BCUT2D eigenvalue weighted by Crippen LogP contribution is 2.42. The molecule has 1 unspecified atom stereocenters. The van der Waals surface area contributed by atoms with Gasteiger partial charge in [0.1, 0.15) is 11.5 Å². The van der Waals surface area contributed by atoms with Crippen molar-refractivity contribution in [3.05, 3.63) is 71.3 Å². The Bertz CT molecular complexity index is 860. The molecular weight excluding hydrogens is 334 g/mol. The molecule has 6 heteroatoms. The Morgan fingerprint density at radius 2 is 1.73 bits per heavy atom. The van der Waals surface area contributed by atoms with Crippen molar-refractivity contribution in [2.24, 2.45) is 0 Å². The summed E-state index contributed by atoms with van der Waals surface area (Å²) in [5.41, 5.74) is 0.994. The normalized spacial score (nSPS) is 19.0. The van der Waals surface area contributed by atoms with Gasteiger partial charge in [0.25, 0.3) is 11.7 Å². The second kappa shape index (κ2) is 7.41. The smallest absolute Gasteiger partial charge is 0.295 e. The molecule has 2 aromatic rings. The lowest BCUT2D eigenvalue weighted by Crippen LogP contribution is -2.32. The van der Waals surface area contributed by atoms with Gasteiger partial charge in [-0.15, -0.1) is 0 Å². The molecule has 3 rings (SSSR count). The summed E-state index contributed by atoms with van der Waals surface area (Å²) < 4.78 is 5.37. The zero-order valence-corrected chi connectivity index (χ0v) is 14.3. The van der Waals surface area contributed by atoms with Crippen LogP contribution in [0.2, 0.25) is 0 Å². The Balaban J connectivity index is 2.23. The van der Waals surface area contributed by atoms with Gasteiger partial charge in [0, 0.05) is 17.7 Å². The summed E-state index contributed by atoms with van der Waals surface area (Å²) in [6.07, 6.45) is 0. The summed E-state index contributed by atoms with van der Waals surface area (Å²) in [6.45, 7) is -0.330. The third-order valence-electron chi connectivity index (χ3n) is 4.36. The number of methoxy groups -OCH3 is 1. The van der Waals surface area contributed by atoms with Crippen LogP contribution in [0.15, 0.2) is 60.2 Å². The van der Waals surface area contributed by atoms with Crippen molar-refractivity contribution in [1.29, 1.82) is 0 Å². The number of nitrogens with zero attached hydrogens (tertiary/aromatic N) is 1. The van der Waals surface area contributed by atoms with Gasteiger partial charge in [-0.1, -0.05) is 48.5 Å². The topological polar surface area (TPSA) is 87.1 Å². The number of hydrogen-bond donors (Lipinski definition) is 2. The van der Waals surface area contributed by atoms with E-state index >= 15 is 0 Å². The fourth-order valence-electron chi connectivity index (χ4n) is 3.19. The number of benzene rings is 2. The number of aliphatic hydroxyl groups is 2. The van der Waals surface area contributed by atoms with Crippen molar-refractivity contribution < 1.29 is 24.5 Å². The molecule has 134 valence electrons. The van der Waals surface area contributed by atoms with Crippen molar-refractivity contribution in [2.45, 2.75) is 6.04 Å². The van der Waals surface area contributed by atoms with Crippen LogP contribution in [0.25, 0.3) is 5.76 Å². The number of likely N-dealkylation sites (tertiary alicyclic amines) is 1. The van der Waals surface area contributed by atoms with Crippen molar-refractivity contribution in [3.8, 4) is 5.75 Å². The first-order valence-electron chi connectivity index (χ1n) is 8.17. The molecular formula is C20H19NO5. The van der Waals surface area contributed by atoms with Crippen LogP contribution in [0.3, 0.4) is 0 Å². The van der Waals surface area contributed by atoms with Crippen LogP contribution >= 0.6 is 0 Å². The van der Waals surface area contributed by atoms with Crippen LogP contribution < -0.4 is 4.74 Å². The maximum atomic E-state index is 12.7. The second-order valence-corrected chi connectivity index (χ2v) is 5.82. The van der Waals surface area contributed by atoms with Crippen molar-refractivity contribution in [3.63, 3.8) is 0 Å². The molecule has 1 saturated heterocycles. The van der Waals surface area contributed by atoms with E-state index in [9.17, 15) is 19.8 Å². The first-order chi connectivity index (χ1) is 12.6. The highest BCUT2D eigenvalue weighted by atomic mass is 16.5. The van der Waals surface area contributed by atoms with E-state index in [0.29, 0.717) is 16.9 Å². The summed E-state index contributed by atoms with van der Waals surface area (Å²) in [4.78, 5) is 26.4. The fraction of sp³-hybridized carbons (Fsp3) is 0.200. The Hall–Kier alpha value is -3.12. The number of carbonyl (C=O) groups excluding carboxylic acids is 2. The molecule has 0 saturated carbocycles. The van der Waals surface area contributed by atoms with E-state index in [-0.39, 0.29) is 24.5 Å². The minimum absolute atomic E-state index is 0.0147. The van der Waals surface area contributed by atoms with Gasteiger partial charge >= 0.3 is 0 Å². The first kappa shape index (κ1) is 17.7. The number of Topliss-reactive ketones (excluding diaryl/α,β-unsaturated/α-hetero) is 1. The van der Waals surface area contributed by atoms with Crippen molar-refractivity contribution >= 4 is 17.4 Å². The molecule has 0 aromatic heterocycles. The Morgan fingerprint density at radius 1 is 1.08 bits per heavy atom. The monoisotopic (exact) mass is 353 g/mol. The molecule has 6 nitrogen and oxygen atoms in total. The third kappa shape index (κ3) is 2.95. The summed E-state index contributed by atoms with van der Waals surface area (Å²) in [5, 5.41) is 20.1. The molecule has 2 aromatic carbocycles. The van der Waals surface area contributed by atoms with Gasteiger partial charge in [-0.25, -0.2) is 0 Å². The number of amides is 1. The van der Waals surface area contributed by atoms with E-state index in [4.69, 9.17) is 4.74 Å². The summed E-state index contributed by atoms with van der Waals surface area (Å²) in [7, 11) is 1.49. The van der Waals surface area contributed by atoms with Crippen LogP contribution in [-0.4, -0.2) is 47.1 Å². The quantitative estimate of drug-likeness (QED) is 0.488. The molecule has 1 aliphatic rings. The number of ketones is 1. The van der Waals surface area contributed by atoms with E-state index < -0.39 is 17.7 Å². The van der Waals surface area contributed by atoms with Gasteiger partial charge in [-0.05, 0) is 6.07 Å². The molecule has 0 spiro atoms. The average Bonchev–Trinajstić information content (AvgIpc) is 2.93. The largest absolute Gasteiger partial charge is 0.507 e. The SMILES string of the molecule is COc1ccccc1C1/C(=C(\O)c2ccccc2)C(=O)C(=O)N1CCO. The number of hydrogen-bond acceptors (Lipinski definition) is 5. The predicted molar refractivity (Wildman–Crippen MR) is 95.5 cm³/mol. The van der Waals surface area contributed by atoms with Gasteiger partial charge in [0.05, 0.1) is 25.3 Å². The first-order valence-corrected chi connectivity index (χ1v) is 8.17. The van der Waals surface area contributed by atoms with Crippen molar-refractivity contribution in [1.82, 2.24) is 4.90 Å². The van der Waals surface area contributed by atoms with Crippen LogP contribution in [0.1, 0.15) is 17.2 Å². The Kier molecular flexibility index (Phi) is 5.04. The number of β-amino-alcohol motifs (C(OH)–C–C–N with tert-alkyl or cyclic N) is 1. The average molecular weight is 353 g/mol. The van der Waals surface area contributed by atoms with E-state index in [1.165, 1.54) is 12.0 Å². The summed E-state index contributed by atoms with van der Waals surface area (Å²) in [5.74, 6) is -1.30. The van der Waals surface area contributed by atoms with Gasteiger partial charge in [-0.2, -0.15) is 0 Å². The van der Waals surface area contributed by atoms with Crippen molar-refractivity contribution in [2.75, 3.05) is 20.3 Å². The zero-order chi connectivity index (χ0) is 18.7. The lowest BCUT2D eigenvalue weighted by Gasteiger charge is -2.25.